The largest absolute Gasteiger partial charge is 0.345 e. The molecule has 1 aliphatic rings. The van der Waals surface area contributed by atoms with Crippen LogP contribution in [0, 0.1) is 25.2 Å². The average molecular weight is 364 g/mol. The third-order valence-electron chi connectivity index (χ3n) is 5.34. The highest BCUT2D eigenvalue weighted by Crippen LogP contribution is 2.26. The normalized spacial score (nSPS) is 15.6. The average Bonchev–Trinajstić information content (AvgIpc) is 3.00. The first-order valence-electron chi connectivity index (χ1n) is 9.72. The van der Waals surface area contributed by atoms with Crippen LogP contribution in [-0.2, 0) is 6.42 Å². The monoisotopic (exact) mass is 364 g/mol. The molecule has 7 heteroatoms. The second kappa shape index (κ2) is 7.12. The number of nitrogens with one attached hydrogen (secondary N) is 1. The predicted molar refractivity (Wildman–Crippen MR) is 105 cm³/mol. The maximum Gasteiger partial charge on any atom is 0.184 e. The summed E-state index contributed by atoms with van der Waals surface area (Å²) in [5.74, 6) is 1.09. The van der Waals surface area contributed by atoms with Crippen LogP contribution in [0.1, 0.15) is 30.3 Å². The number of rotatable bonds is 4. The SMILES string of the molecule is CCCc1cc(N2CC[NH+](CC#N)CC2)n2nc3nc(C)cc(C)c3c2n1. The number of hydrogen-bond donors (Lipinski definition) is 1. The first-order valence-corrected chi connectivity index (χ1v) is 9.72. The van der Waals surface area contributed by atoms with Gasteiger partial charge in [0.25, 0.3) is 0 Å². The van der Waals surface area contributed by atoms with Gasteiger partial charge in [-0.1, -0.05) is 13.3 Å². The molecule has 4 heterocycles. The molecule has 0 spiro atoms. The van der Waals surface area contributed by atoms with E-state index >= 15 is 0 Å². The van der Waals surface area contributed by atoms with Gasteiger partial charge < -0.3 is 9.80 Å². The van der Waals surface area contributed by atoms with Crippen molar-refractivity contribution in [2.45, 2.75) is 33.6 Å². The zero-order chi connectivity index (χ0) is 19.0. The van der Waals surface area contributed by atoms with Crippen LogP contribution < -0.4 is 9.80 Å². The van der Waals surface area contributed by atoms with E-state index in [4.69, 9.17) is 15.3 Å². The summed E-state index contributed by atoms with van der Waals surface area (Å²) in [4.78, 5) is 13.3. The second-order valence-electron chi connectivity index (χ2n) is 7.44. The number of nitrogens with zero attached hydrogens (tertiary/aromatic N) is 6. The van der Waals surface area contributed by atoms with Crippen molar-refractivity contribution in [3.8, 4) is 6.07 Å². The molecule has 1 fully saturated rings. The van der Waals surface area contributed by atoms with E-state index in [1.54, 1.807) is 0 Å². The van der Waals surface area contributed by atoms with Crippen LogP contribution >= 0.6 is 0 Å². The molecule has 7 nitrogen and oxygen atoms in total. The lowest BCUT2D eigenvalue weighted by Crippen LogP contribution is -3.14. The molecule has 0 unspecified atom stereocenters. The van der Waals surface area contributed by atoms with Gasteiger partial charge in [0.2, 0.25) is 0 Å². The molecule has 1 aliphatic heterocycles. The van der Waals surface area contributed by atoms with E-state index in [9.17, 15) is 0 Å². The van der Waals surface area contributed by atoms with E-state index in [2.05, 4.69) is 41.9 Å². The molecule has 0 aromatic carbocycles. The Bertz CT molecular complexity index is 1020. The van der Waals surface area contributed by atoms with E-state index in [-0.39, 0.29) is 0 Å². The van der Waals surface area contributed by atoms with Gasteiger partial charge in [0, 0.05) is 17.5 Å². The molecule has 27 heavy (non-hydrogen) atoms. The second-order valence-corrected chi connectivity index (χ2v) is 7.44. The molecule has 0 saturated carbocycles. The number of nitriles is 1. The molecule has 140 valence electrons. The number of aryl methyl sites for hydroxylation is 3. The summed E-state index contributed by atoms with van der Waals surface area (Å²) >= 11 is 0. The fraction of sp³-hybridized carbons (Fsp3) is 0.500. The van der Waals surface area contributed by atoms with Crippen LogP contribution in [0.25, 0.3) is 16.7 Å². The Morgan fingerprint density at radius 2 is 1.96 bits per heavy atom. The summed E-state index contributed by atoms with van der Waals surface area (Å²) in [7, 11) is 0. The van der Waals surface area contributed by atoms with Gasteiger partial charge in [0.1, 0.15) is 11.9 Å². The van der Waals surface area contributed by atoms with E-state index in [1.165, 1.54) is 10.5 Å². The lowest BCUT2D eigenvalue weighted by molar-refractivity contribution is -0.893. The zero-order valence-corrected chi connectivity index (χ0v) is 16.3. The topological polar surface area (TPSA) is 74.5 Å². The van der Waals surface area contributed by atoms with Gasteiger partial charge in [-0.15, -0.1) is 5.10 Å². The molecule has 1 N–H and O–H groups in total. The molecule has 4 rings (SSSR count). The number of hydrogen-bond acceptors (Lipinski definition) is 5. The minimum atomic E-state index is 0.578. The van der Waals surface area contributed by atoms with Gasteiger partial charge in [-0.2, -0.15) is 9.78 Å². The lowest BCUT2D eigenvalue weighted by atomic mass is 10.1. The number of fused-ring (bicyclic) bond motifs is 3. The van der Waals surface area contributed by atoms with Crippen molar-refractivity contribution < 1.29 is 4.90 Å². The Labute approximate surface area is 159 Å². The summed E-state index contributed by atoms with van der Waals surface area (Å²) in [6.07, 6.45) is 2.01. The van der Waals surface area contributed by atoms with Crippen molar-refractivity contribution in [2.24, 2.45) is 0 Å². The van der Waals surface area contributed by atoms with Crippen molar-refractivity contribution >= 4 is 22.5 Å². The van der Waals surface area contributed by atoms with E-state index in [1.807, 2.05) is 11.4 Å². The molecule has 0 bridgehead atoms. The molecule has 0 atom stereocenters. The van der Waals surface area contributed by atoms with Gasteiger partial charge in [-0.05, 0) is 31.9 Å². The van der Waals surface area contributed by atoms with Gasteiger partial charge >= 0.3 is 0 Å². The molecule has 0 radical (unpaired) electrons. The summed E-state index contributed by atoms with van der Waals surface area (Å²) in [6.45, 7) is 10.7. The van der Waals surface area contributed by atoms with Crippen LogP contribution in [-0.4, -0.2) is 52.3 Å². The van der Waals surface area contributed by atoms with Crippen molar-refractivity contribution in [2.75, 3.05) is 37.6 Å². The molecule has 3 aromatic rings. The molecular formula is C20H26N7+. The summed E-state index contributed by atoms with van der Waals surface area (Å²) in [6, 6.07) is 6.56. The lowest BCUT2D eigenvalue weighted by Gasteiger charge is -2.32. The third kappa shape index (κ3) is 3.21. The Morgan fingerprint density at radius 1 is 1.19 bits per heavy atom. The fourth-order valence-electron chi connectivity index (χ4n) is 4.01. The summed E-state index contributed by atoms with van der Waals surface area (Å²) in [5, 5.41) is 14.8. The first-order chi connectivity index (χ1) is 13.1. The minimum Gasteiger partial charge on any atom is -0.345 e. The van der Waals surface area contributed by atoms with Gasteiger partial charge in [-0.25, -0.2) is 9.97 Å². The predicted octanol–water partition coefficient (Wildman–Crippen LogP) is 1.08. The van der Waals surface area contributed by atoms with Crippen molar-refractivity contribution in [3.05, 3.63) is 29.1 Å². The molecule has 0 aliphatic carbocycles. The maximum atomic E-state index is 8.95. The molecular weight excluding hydrogens is 338 g/mol. The third-order valence-corrected chi connectivity index (χ3v) is 5.34. The van der Waals surface area contributed by atoms with Crippen LogP contribution in [0.15, 0.2) is 12.1 Å². The van der Waals surface area contributed by atoms with Crippen LogP contribution in [0.3, 0.4) is 0 Å². The number of pyridine rings is 1. The van der Waals surface area contributed by atoms with E-state index in [0.29, 0.717) is 6.54 Å². The van der Waals surface area contributed by atoms with E-state index < -0.39 is 0 Å². The van der Waals surface area contributed by atoms with Crippen molar-refractivity contribution in [3.63, 3.8) is 0 Å². The highest BCUT2D eigenvalue weighted by Gasteiger charge is 2.24. The highest BCUT2D eigenvalue weighted by molar-refractivity contribution is 5.93. The van der Waals surface area contributed by atoms with E-state index in [0.717, 1.165) is 72.9 Å². The summed E-state index contributed by atoms with van der Waals surface area (Å²) in [5.41, 5.74) is 4.93. The fourth-order valence-corrected chi connectivity index (χ4v) is 4.01. The van der Waals surface area contributed by atoms with Crippen LogP contribution in [0.5, 0.6) is 0 Å². The molecule has 1 saturated heterocycles. The van der Waals surface area contributed by atoms with Gasteiger partial charge in [0.15, 0.2) is 17.8 Å². The molecule has 0 amide bonds. The highest BCUT2D eigenvalue weighted by atomic mass is 15.4. The van der Waals surface area contributed by atoms with Crippen LogP contribution in [0.2, 0.25) is 0 Å². The quantitative estimate of drug-likeness (QED) is 0.701. The van der Waals surface area contributed by atoms with Crippen LogP contribution in [0.4, 0.5) is 5.82 Å². The number of quaternary nitrogens is 1. The first kappa shape index (κ1) is 17.7. The Morgan fingerprint density at radius 3 is 2.67 bits per heavy atom. The Hall–Kier alpha value is -2.72. The van der Waals surface area contributed by atoms with Gasteiger partial charge in [-0.3, -0.25) is 0 Å². The Kier molecular flexibility index (Phi) is 4.66. The summed E-state index contributed by atoms with van der Waals surface area (Å²) < 4.78 is 1.97. The standard InChI is InChI=1S/C20H25N7/c1-4-5-16-13-17(26-10-8-25(7-6-21)9-11-26)27-20(23-16)18-14(2)12-15(3)22-19(18)24-27/h12-13H,4-5,7-11H2,1-3H3/p+1. The number of piperazine rings is 1. The van der Waals surface area contributed by atoms with Gasteiger partial charge in [0.05, 0.1) is 31.6 Å². The Balaban J connectivity index is 1.84. The smallest absolute Gasteiger partial charge is 0.184 e. The maximum absolute atomic E-state index is 8.95. The van der Waals surface area contributed by atoms with Crippen molar-refractivity contribution in [1.82, 2.24) is 19.6 Å². The van der Waals surface area contributed by atoms with Crippen molar-refractivity contribution in [1.29, 1.82) is 5.26 Å². The molecule has 3 aromatic heterocycles. The zero-order valence-electron chi connectivity index (χ0n) is 16.3. The number of aromatic nitrogens is 4. The number of anilines is 1. The minimum absolute atomic E-state index is 0.578.